The van der Waals surface area contributed by atoms with Gasteiger partial charge in [0.05, 0.1) is 11.3 Å². The minimum Gasteiger partial charge on any atom is -0.381 e. The SMILES string of the molecule is CN(C)C1CC(Nc2cc(NC(=O)N3c4nc(C=O)ccc4C4(F)CC3C4)ncc2C#N)C1. The van der Waals surface area contributed by atoms with Gasteiger partial charge in [-0.1, -0.05) is 0 Å². The van der Waals surface area contributed by atoms with Crippen LogP contribution in [0, 0.1) is 11.3 Å². The highest BCUT2D eigenvalue weighted by Crippen LogP contribution is 2.55. The van der Waals surface area contributed by atoms with Gasteiger partial charge in [0, 0.05) is 48.8 Å². The number of aromatic nitrogens is 2. The number of carbonyl (C=O) groups is 2. The summed E-state index contributed by atoms with van der Waals surface area (Å²) in [6.45, 7) is 0. The van der Waals surface area contributed by atoms with Crippen molar-refractivity contribution in [1.82, 2.24) is 14.9 Å². The first-order valence-corrected chi connectivity index (χ1v) is 10.9. The number of amides is 2. The minimum atomic E-state index is -1.51. The standard InChI is InChI=1S/C23H24FN7O2/c1-30(2)16-5-15(6-16)27-19-7-20(26-11-13(19)10-25)29-22(33)31-17-8-23(24,9-17)18-4-3-14(12-32)28-21(18)31/h3-4,7,11-12,15-17H,5-6,8-9H2,1-2H3,(H2,26,27,29,33). The van der Waals surface area contributed by atoms with Crippen LogP contribution in [0.1, 0.15) is 47.3 Å². The lowest BCUT2D eigenvalue weighted by molar-refractivity contribution is 0.0284. The van der Waals surface area contributed by atoms with Crippen molar-refractivity contribution in [2.75, 3.05) is 29.6 Å². The zero-order chi connectivity index (χ0) is 23.3. The topological polar surface area (TPSA) is 114 Å². The summed E-state index contributed by atoms with van der Waals surface area (Å²) in [7, 11) is 4.09. The van der Waals surface area contributed by atoms with Gasteiger partial charge in [0.2, 0.25) is 0 Å². The lowest BCUT2D eigenvalue weighted by Gasteiger charge is -2.52. The van der Waals surface area contributed by atoms with E-state index in [1.54, 1.807) is 6.07 Å². The maximum atomic E-state index is 15.1. The Hall–Kier alpha value is -3.58. The number of nitrogens with zero attached hydrogens (tertiary/aromatic N) is 5. The summed E-state index contributed by atoms with van der Waals surface area (Å²) in [5.74, 6) is 0.438. The average molecular weight is 449 g/mol. The molecule has 2 aliphatic heterocycles. The second-order valence-electron chi connectivity index (χ2n) is 9.21. The van der Waals surface area contributed by atoms with E-state index in [9.17, 15) is 14.9 Å². The van der Waals surface area contributed by atoms with Crippen molar-refractivity contribution in [3.8, 4) is 6.07 Å². The number of urea groups is 1. The summed E-state index contributed by atoms with van der Waals surface area (Å²) in [4.78, 5) is 36.3. The van der Waals surface area contributed by atoms with E-state index >= 15 is 4.39 Å². The molecule has 2 aromatic rings. The number of hydrogen-bond acceptors (Lipinski definition) is 7. The van der Waals surface area contributed by atoms with E-state index in [0.717, 1.165) is 12.8 Å². The molecule has 2 aliphatic carbocycles. The Morgan fingerprint density at radius 1 is 1.36 bits per heavy atom. The van der Waals surface area contributed by atoms with Crippen LogP contribution >= 0.6 is 0 Å². The van der Waals surface area contributed by atoms with Crippen LogP contribution in [0.25, 0.3) is 0 Å². The van der Waals surface area contributed by atoms with Crippen molar-refractivity contribution in [1.29, 1.82) is 5.26 Å². The zero-order valence-corrected chi connectivity index (χ0v) is 18.4. The predicted octanol–water partition coefficient (Wildman–Crippen LogP) is 3.04. The first-order valence-electron chi connectivity index (χ1n) is 10.9. The predicted molar refractivity (Wildman–Crippen MR) is 120 cm³/mol. The van der Waals surface area contributed by atoms with Gasteiger partial charge in [-0.2, -0.15) is 5.26 Å². The first-order chi connectivity index (χ1) is 15.8. The molecular formula is C23H24FN7O2. The number of hydrogen-bond donors (Lipinski definition) is 2. The Bertz CT molecular complexity index is 1170. The molecule has 2 N–H and O–H groups in total. The van der Waals surface area contributed by atoms with Crippen LogP contribution in [0.5, 0.6) is 0 Å². The summed E-state index contributed by atoms with van der Waals surface area (Å²) in [5.41, 5.74) is -0.0560. The van der Waals surface area contributed by atoms with E-state index < -0.39 is 11.7 Å². The normalized spacial score (nSPS) is 27.0. The molecule has 0 atom stereocenters. The van der Waals surface area contributed by atoms with Gasteiger partial charge in [0.25, 0.3) is 0 Å². The molecule has 0 aromatic carbocycles. The fraction of sp³-hybridized carbons (Fsp3) is 0.435. The van der Waals surface area contributed by atoms with E-state index in [1.165, 1.54) is 23.2 Å². The van der Waals surface area contributed by atoms with Gasteiger partial charge in [-0.25, -0.2) is 19.2 Å². The molecule has 33 heavy (non-hydrogen) atoms. The molecule has 2 aromatic heterocycles. The Morgan fingerprint density at radius 2 is 2.12 bits per heavy atom. The minimum absolute atomic E-state index is 0.135. The molecule has 0 saturated heterocycles. The van der Waals surface area contributed by atoms with Crippen molar-refractivity contribution in [3.63, 3.8) is 0 Å². The third-order valence-corrected chi connectivity index (χ3v) is 6.89. The van der Waals surface area contributed by atoms with E-state index in [2.05, 4.69) is 31.6 Å². The van der Waals surface area contributed by atoms with Gasteiger partial charge in [0.15, 0.2) is 6.29 Å². The number of alkyl halides is 1. The zero-order valence-electron chi connectivity index (χ0n) is 18.4. The van der Waals surface area contributed by atoms with Gasteiger partial charge in [-0.05, 0) is 39.1 Å². The summed E-state index contributed by atoms with van der Waals surface area (Å²) in [5, 5.41) is 15.6. The van der Waals surface area contributed by atoms with Crippen molar-refractivity contribution in [2.45, 2.75) is 49.5 Å². The average Bonchev–Trinajstić information content (AvgIpc) is 2.74. The number of carbonyl (C=O) groups excluding carboxylic acids is 2. The highest BCUT2D eigenvalue weighted by atomic mass is 19.1. The third-order valence-electron chi connectivity index (χ3n) is 6.89. The molecule has 4 aliphatic rings. The molecule has 6 rings (SSSR count). The van der Waals surface area contributed by atoms with Crippen LogP contribution in [0.15, 0.2) is 24.4 Å². The Morgan fingerprint density at radius 3 is 2.79 bits per heavy atom. The molecule has 4 heterocycles. The van der Waals surface area contributed by atoms with Crippen LogP contribution in [-0.4, -0.2) is 59.4 Å². The fourth-order valence-electron chi connectivity index (χ4n) is 4.84. The van der Waals surface area contributed by atoms with Crippen LogP contribution < -0.4 is 15.5 Å². The molecule has 0 spiro atoms. The highest BCUT2D eigenvalue weighted by Gasteiger charge is 2.57. The largest absolute Gasteiger partial charge is 0.381 e. The number of nitrogens with one attached hydrogen (secondary N) is 2. The lowest BCUT2D eigenvalue weighted by atomic mass is 9.69. The van der Waals surface area contributed by atoms with E-state index in [-0.39, 0.29) is 42.3 Å². The fourth-order valence-corrected chi connectivity index (χ4v) is 4.84. The van der Waals surface area contributed by atoms with E-state index in [1.807, 2.05) is 14.1 Å². The summed E-state index contributed by atoms with van der Waals surface area (Å²) in [6.07, 6.45) is 4.30. The smallest absolute Gasteiger partial charge is 0.328 e. The van der Waals surface area contributed by atoms with Crippen molar-refractivity contribution >= 4 is 29.6 Å². The van der Waals surface area contributed by atoms with Crippen LogP contribution in [-0.2, 0) is 5.67 Å². The third kappa shape index (κ3) is 3.58. The van der Waals surface area contributed by atoms with Crippen molar-refractivity contribution in [2.24, 2.45) is 0 Å². The lowest BCUT2D eigenvalue weighted by Crippen LogP contribution is -2.60. The Balaban J connectivity index is 1.36. The molecule has 2 fully saturated rings. The second-order valence-corrected chi connectivity index (χ2v) is 9.21. The van der Waals surface area contributed by atoms with Crippen molar-refractivity contribution < 1.29 is 14.0 Å². The molecule has 2 bridgehead atoms. The molecule has 0 unspecified atom stereocenters. The van der Waals surface area contributed by atoms with Crippen LogP contribution in [0.3, 0.4) is 0 Å². The number of rotatable bonds is 5. The number of anilines is 3. The first kappa shape index (κ1) is 21.3. The maximum absolute atomic E-state index is 15.1. The van der Waals surface area contributed by atoms with E-state index in [0.29, 0.717) is 29.1 Å². The second kappa shape index (κ2) is 7.78. The highest BCUT2D eigenvalue weighted by molar-refractivity contribution is 6.03. The van der Waals surface area contributed by atoms with Gasteiger partial charge in [-0.15, -0.1) is 0 Å². The number of aldehydes is 1. The summed E-state index contributed by atoms with van der Waals surface area (Å²) < 4.78 is 15.1. The molecule has 170 valence electrons. The number of pyridine rings is 2. The molecule has 0 radical (unpaired) electrons. The summed E-state index contributed by atoms with van der Waals surface area (Å²) >= 11 is 0. The summed E-state index contributed by atoms with van der Waals surface area (Å²) in [6, 6.07) is 6.66. The Labute approximate surface area is 190 Å². The number of nitriles is 1. The molecule has 10 heteroatoms. The van der Waals surface area contributed by atoms with Crippen molar-refractivity contribution in [3.05, 3.63) is 41.2 Å². The van der Waals surface area contributed by atoms with Gasteiger partial charge in [0.1, 0.15) is 29.1 Å². The van der Waals surface area contributed by atoms with Crippen LogP contribution in [0.4, 0.5) is 26.5 Å². The van der Waals surface area contributed by atoms with Gasteiger partial charge < -0.3 is 10.2 Å². The van der Waals surface area contributed by atoms with Gasteiger partial charge >= 0.3 is 6.03 Å². The number of halogens is 1. The maximum Gasteiger partial charge on any atom is 0.328 e. The Kier molecular flexibility index (Phi) is 5.01. The molecule has 2 amide bonds. The van der Waals surface area contributed by atoms with E-state index in [4.69, 9.17) is 0 Å². The monoisotopic (exact) mass is 449 g/mol. The quantitative estimate of drug-likeness (QED) is 0.675. The molecule has 9 nitrogen and oxygen atoms in total. The molecular weight excluding hydrogens is 425 g/mol. The van der Waals surface area contributed by atoms with Crippen LogP contribution in [0.2, 0.25) is 0 Å². The van der Waals surface area contributed by atoms with Gasteiger partial charge in [-0.3, -0.25) is 15.0 Å². The molecule has 2 saturated carbocycles.